The SMILES string of the molecule is COc1ccc([C@@]23C=CCCC2N(C)CC3)cc1OCc1ccccc1. The normalized spacial score (nSPS) is 25.1. The molecule has 136 valence electrons. The van der Waals surface area contributed by atoms with E-state index >= 15 is 0 Å². The van der Waals surface area contributed by atoms with Crippen molar-refractivity contribution in [2.75, 3.05) is 20.7 Å². The molecule has 2 atom stereocenters. The molecule has 0 amide bonds. The van der Waals surface area contributed by atoms with Gasteiger partial charge in [0, 0.05) is 11.5 Å². The maximum atomic E-state index is 6.15. The monoisotopic (exact) mass is 349 g/mol. The van der Waals surface area contributed by atoms with Crippen molar-refractivity contribution in [1.29, 1.82) is 0 Å². The Morgan fingerprint density at radius 1 is 1.12 bits per heavy atom. The van der Waals surface area contributed by atoms with Crippen molar-refractivity contribution in [2.24, 2.45) is 0 Å². The second-order valence-electron chi connectivity index (χ2n) is 7.41. The molecule has 2 aromatic rings. The van der Waals surface area contributed by atoms with Crippen molar-refractivity contribution in [1.82, 2.24) is 4.90 Å². The van der Waals surface area contributed by atoms with Crippen LogP contribution in [0, 0.1) is 0 Å². The van der Waals surface area contributed by atoms with Crippen molar-refractivity contribution >= 4 is 0 Å². The lowest BCUT2D eigenvalue weighted by molar-refractivity contribution is 0.247. The average Bonchev–Trinajstić information content (AvgIpc) is 3.05. The topological polar surface area (TPSA) is 21.7 Å². The third-order valence-corrected chi connectivity index (χ3v) is 5.97. The molecular weight excluding hydrogens is 322 g/mol. The molecule has 3 heteroatoms. The summed E-state index contributed by atoms with van der Waals surface area (Å²) in [6.07, 6.45) is 8.34. The molecule has 1 aliphatic carbocycles. The number of hydrogen-bond acceptors (Lipinski definition) is 3. The fourth-order valence-corrected chi connectivity index (χ4v) is 4.54. The van der Waals surface area contributed by atoms with Gasteiger partial charge in [0.25, 0.3) is 0 Å². The first-order valence-electron chi connectivity index (χ1n) is 9.46. The van der Waals surface area contributed by atoms with Gasteiger partial charge in [-0.05, 0) is 56.1 Å². The Morgan fingerprint density at radius 2 is 1.96 bits per heavy atom. The summed E-state index contributed by atoms with van der Waals surface area (Å²) in [5.41, 5.74) is 2.60. The van der Waals surface area contributed by atoms with E-state index in [1.807, 2.05) is 18.2 Å². The maximum Gasteiger partial charge on any atom is 0.161 e. The summed E-state index contributed by atoms with van der Waals surface area (Å²) in [5, 5.41) is 0. The Hall–Kier alpha value is -2.26. The van der Waals surface area contributed by atoms with E-state index in [0.717, 1.165) is 30.0 Å². The van der Waals surface area contributed by atoms with Gasteiger partial charge in [0.15, 0.2) is 11.5 Å². The van der Waals surface area contributed by atoms with E-state index in [9.17, 15) is 0 Å². The number of methoxy groups -OCH3 is 1. The van der Waals surface area contributed by atoms with Crippen molar-refractivity contribution in [2.45, 2.75) is 37.3 Å². The number of allylic oxidation sites excluding steroid dienone is 1. The number of fused-ring (bicyclic) bond motifs is 1. The van der Waals surface area contributed by atoms with Gasteiger partial charge < -0.3 is 14.4 Å². The van der Waals surface area contributed by atoms with Gasteiger partial charge in [0.1, 0.15) is 6.61 Å². The first-order valence-corrected chi connectivity index (χ1v) is 9.46. The molecule has 26 heavy (non-hydrogen) atoms. The summed E-state index contributed by atoms with van der Waals surface area (Å²) < 4.78 is 11.7. The summed E-state index contributed by atoms with van der Waals surface area (Å²) in [5.74, 6) is 1.62. The van der Waals surface area contributed by atoms with Crippen LogP contribution in [-0.2, 0) is 12.0 Å². The number of rotatable bonds is 5. The number of benzene rings is 2. The number of nitrogens with zero attached hydrogens (tertiary/aromatic N) is 1. The minimum absolute atomic E-state index is 0.101. The van der Waals surface area contributed by atoms with E-state index < -0.39 is 0 Å². The van der Waals surface area contributed by atoms with Crippen LogP contribution >= 0.6 is 0 Å². The van der Waals surface area contributed by atoms with Crippen LogP contribution in [0.4, 0.5) is 0 Å². The van der Waals surface area contributed by atoms with Crippen molar-refractivity contribution in [3.63, 3.8) is 0 Å². The van der Waals surface area contributed by atoms with Crippen LogP contribution in [0.25, 0.3) is 0 Å². The van der Waals surface area contributed by atoms with Crippen LogP contribution in [0.3, 0.4) is 0 Å². The van der Waals surface area contributed by atoms with Gasteiger partial charge >= 0.3 is 0 Å². The third kappa shape index (κ3) is 3.01. The van der Waals surface area contributed by atoms with Gasteiger partial charge in [0.2, 0.25) is 0 Å². The fourth-order valence-electron chi connectivity index (χ4n) is 4.54. The van der Waals surface area contributed by atoms with Crippen LogP contribution in [0.1, 0.15) is 30.4 Å². The highest BCUT2D eigenvalue weighted by molar-refractivity contribution is 5.48. The Bertz CT molecular complexity index is 786. The Kier molecular flexibility index (Phi) is 4.73. The van der Waals surface area contributed by atoms with Crippen molar-refractivity contribution < 1.29 is 9.47 Å². The van der Waals surface area contributed by atoms with Crippen LogP contribution in [0.15, 0.2) is 60.7 Å². The van der Waals surface area contributed by atoms with Crippen LogP contribution in [-0.4, -0.2) is 31.6 Å². The molecule has 3 nitrogen and oxygen atoms in total. The average molecular weight is 349 g/mol. The van der Waals surface area contributed by atoms with E-state index in [-0.39, 0.29) is 5.41 Å². The molecule has 0 aromatic heterocycles. The molecule has 0 radical (unpaired) electrons. The summed E-state index contributed by atoms with van der Waals surface area (Å²) in [4.78, 5) is 2.51. The smallest absolute Gasteiger partial charge is 0.161 e. The number of hydrogen-bond donors (Lipinski definition) is 0. The lowest BCUT2D eigenvalue weighted by Crippen LogP contribution is -2.41. The summed E-state index contributed by atoms with van der Waals surface area (Å²) in [6.45, 7) is 1.69. The predicted octanol–water partition coefficient (Wildman–Crippen LogP) is 4.57. The molecular formula is C23H27NO2. The lowest BCUT2D eigenvalue weighted by Gasteiger charge is -2.38. The largest absolute Gasteiger partial charge is 0.493 e. The third-order valence-electron chi connectivity index (χ3n) is 5.97. The maximum absolute atomic E-state index is 6.15. The molecule has 0 bridgehead atoms. The summed E-state index contributed by atoms with van der Waals surface area (Å²) >= 11 is 0. The number of likely N-dealkylation sites (tertiary alicyclic amines) is 1. The molecule has 2 aliphatic rings. The van der Waals surface area contributed by atoms with E-state index in [1.54, 1.807) is 7.11 Å². The van der Waals surface area contributed by atoms with Gasteiger partial charge in [-0.1, -0.05) is 48.6 Å². The minimum Gasteiger partial charge on any atom is -0.493 e. The first-order chi connectivity index (χ1) is 12.7. The Labute approximate surface area is 156 Å². The molecule has 0 spiro atoms. The van der Waals surface area contributed by atoms with Crippen LogP contribution < -0.4 is 9.47 Å². The van der Waals surface area contributed by atoms with Gasteiger partial charge in [-0.25, -0.2) is 0 Å². The van der Waals surface area contributed by atoms with Gasteiger partial charge in [-0.3, -0.25) is 0 Å². The zero-order chi connectivity index (χ0) is 18.0. The van der Waals surface area contributed by atoms with Crippen molar-refractivity contribution in [3.05, 3.63) is 71.8 Å². The predicted molar refractivity (Wildman–Crippen MR) is 105 cm³/mol. The number of likely N-dealkylation sites (N-methyl/N-ethyl adjacent to an activating group) is 1. The molecule has 1 saturated heterocycles. The highest BCUT2D eigenvalue weighted by Gasteiger charge is 2.46. The molecule has 0 saturated carbocycles. The van der Waals surface area contributed by atoms with Gasteiger partial charge in [-0.2, -0.15) is 0 Å². The van der Waals surface area contributed by atoms with Gasteiger partial charge in [0.05, 0.1) is 7.11 Å². The second-order valence-corrected chi connectivity index (χ2v) is 7.41. The van der Waals surface area contributed by atoms with Crippen LogP contribution in [0.2, 0.25) is 0 Å². The number of ether oxygens (including phenoxy) is 2. The highest BCUT2D eigenvalue weighted by Crippen LogP contribution is 2.47. The Balaban J connectivity index is 1.65. The summed E-state index contributed by atoms with van der Waals surface area (Å²) in [7, 11) is 3.96. The van der Waals surface area contributed by atoms with Crippen molar-refractivity contribution in [3.8, 4) is 11.5 Å². The standard InChI is InChI=1S/C23H27NO2/c1-24-15-14-23(13-7-6-10-22(23)24)19-11-12-20(25-2)21(16-19)26-17-18-8-4-3-5-9-18/h3-5,7-9,11-13,16,22H,6,10,14-15,17H2,1-2H3/t22?,23-/m0/s1. The molecule has 1 fully saturated rings. The molecule has 0 N–H and O–H groups in total. The molecule has 1 aliphatic heterocycles. The van der Waals surface area contributed by atoms with E-state index in [0.29, 0.717) is 12.6 Å². The minimum atomic E-state index is 0.101. The molecule has 1 heterocycles. The Morgan fingerprint density at radius 3 is 2.77 bits per heavy atom. The van der Waals surface area contributed by atoms with E-state index in [4.69, 9.17) is 9.47 Å². The van der Waals surface area contributed by atoms with E-state index in [2.05, 4.69) is 54.4 Å². The lowest BCUT2D eigenvalue weighted by atomic mass is 9.70. The van der Waals surface area contributed by atoms with Crippen LogP contribution in [0.5, 0.6) is 11.5 Å². The zero-order valence-corrected chi connectivity index (χ0v) is 15.7. The quantitative estimate of drug-likeness (QED) is 0.738. The zero-order valence-electron chi connectivity index (χ0n) is 15.7. The second kappa shape index (κ2) is 7.16. The van der Waals surface area contributed by atoms with Gasteiger partial charge in [-0.15, -0.1) is 0 Å². The molecule has 4 rings (SSSR count). The highest BCUT2D eigenvalue weighted by atomic mass is 16.5. The summed E-state index contributed by atoms with van der Waals surface area (Å²) in [6, 6.07) is 17.3. The van der Waals surface area contributed by atoms with E-state index in [1.165, 1.54) is 18.4 Å². The fraction of sp³-hybridized carbons (Fsp3) is 0.391. The first kappa shape index (κ1) is 17.2. The molecule has 1 unspecified atom stereocenters. The molecule has 2 aromatic carbocycles.